The average Bonchev–Trinajstić information content (AvgIpc) is 3.18. The molecule has 1 unspecified atom stereocenters. The molecule has 2 heterocycles. The van der Waals surface area contributed by atoms with E-state index in [-0.39, 0.29) is 23.9 Å². The Hall–Kier alpha value is -2.88. The largest absolute Gasteiger partial charge is 0.490 e. The van der Waals surface area contributed by atoms with Crippen LogP contribution in [0.1, 0.15) is 80.8 Å². The molecule has 8 nitrogen and oxygen atoms in total. The molecule has 10 heteroatoms. The number of rotatable bonds is 3. The van der Waals surface area contributed by atoms with Gasteiger partial charge in [0, 0.05) is 42.6 Å². The number of hydrogen-bond donors (Lipinski definition) is 1. The number of halogens is 1. The van der Waals surface area contributed by atoms with Gasteiger partial charge in [-0.3, -0.25) is 14.3 Å². The summed E-state index contributed by atoms with van der Waals surface area (Å²) in [4.78, 5) is 28.8. The fourth-order valence-electron chi connectivity index (χ4n) is 7.72. The second kappa shape index (κ2) is 13.3. The molecule has 2 bridgehead atoms. The summed E-state index contributed by atoms with van der Waals surface area (Å²) >= 11 is 6.44. The van der Waals surface area contributed by atoms with Crippen LogP contribution in [0.25, 0.3) is 0 Å². The van der Waals surface area contributed by atoms with E-state index >= 15 is 0 Å². The molecule has 0 aromatic heterocycles. The van der Waals surface area contributed by atoms with E-state index in [9.17, 15) is 13.8 Å². The molecule has 1 saturated carbocycles. The molecule has 2 aliphatic carbocycles. The molecule has 248 valence electrons. The van der Waals surface area contributed by atoms with Crippen LogP contribution in [-0.4, -0.2) is 54.2 Å². The van der Waals surface area contributed by atoms with E-state index in [1.165, 1.54) is 11.1 Å². The first-order valence-electron chi connectivity index (χ1n) is 16.7. The maximum atomic E-state index is 14.3. The number of nitrogens with one attached hydrogen (secondary N) is 1. The molecule has 6 rings (SSSR count). The summed E-state index contributed by atoms with van der Waals surface area (Å²) in [5.41, 5.74) is 3.48. The van der Waals surface area contributed by atoms with Crippen LogP contribution < -0.4 is 14.4 Å². The van der Waals surface area contributed by atoms with Gasteiger partial charge in [0.05, 0.1) is 23.6 Å². The quantitative estimate of drug-likeness (QED) is 0.358. The Morgan fingerprint density at radius 1 is 1.22 bits per heavy atom. The van der Waals surface area contributed by atoms with Crippen molar-refractivity contribution in [2.24, 2.45) is 22.1 Å². The first kappa shape index (κ1) is 33.0. The summed E-state index contributed by atoms with van der Waals surface area (Å²) in [6.07, 6.45) is 10.2. The number of nitrogens with zero attached hydrogens (tertiary/aromatic N) is 2. The van der Waals surface area contributed by atoms with E-state index in [1.54, 1.807) is 27.0 Å². The number of hydrogen-bond acceptors (Lipinski definition) is 6. The number of carbonyl (C=O) groups excluding carboxylic acids is 2. The molecular formula is C36H46ClN3O5S. The third kappa shape index (κ3) is 6.35. The van der Waals surface area contributed by atoms with Crippen LogP contribution in [0.5, 0.6) is 5.75 Å². The number of carbonyl (C=O) groups is 2. The summed E-state index contributed by atoms with van der Waals surface area (Å²) in [6, 6.07) is 11.6. The smallest absolute Gasteiger partial charge is 0.286 e. The van der Waals surface area contributed by atoms with Gasteiger partial charge in [-0.25, -0.2) is 4.21 Å². The van der Waals surface area contributed by atoms with Crippen molar-refractivity contribution in [3.8, 4) is 5.75 Å². The third-order valence-corrected chi connectivity index (χ3v) is 13.5. The second-order valence-corrected chi connectivity index (χ2v) is 16.4. The number of aryl methyl sites for hydroxylation is 1. The molecule has 1 N–H and O–H groups in total. The number of fused-ring (bicyclic) bond motifs is 4. The minimum atomic E-state index is -3.43. The number of methoxy groups -OCH3 is 1. The number of ether oxygens (including phenoxy) is 2. The van der Waals surface area contributed by atoms with Crippen molar-refractivity contribution in [2.45, 2.75) is 82.5 Å². The van der Waals surface area contributed by atoms with Crippen LogP contribution in [-0.2, 0) is 31.3 Å². The maximum Gasteiger partial charge on any atom is 0.286 e. The van der Waals surface area contributed by atoms with Gasteiger partial charge in [-0.15, -0.1) is 4.36 Å². The summed E-state index contributed by atoms with van der Waals surface area (Å²) in [5, 5.41) is 0.180. The number of benzene rings is 2. The predicted molar refractivity (Wildman–Crippen MR) is 183 cm³/mol. The van der Waals surface area contributed by atoms with Crippen molar-refractivity contribution < 1.29 is 23.3 Å². The summed E-state index contributed by atoms with van der Waals surface area (Å²) in [5.74, 6) is 0.361. The molecule has 2 aromatic rings. The van der Waals surface area contributed by atoms with Crippen LogP contribution in [0, 0.1) is 17.8 Å². The molecule has 2 aromatic carbocycles. The Bertz CT molecular complexity index is 1650. The third-order valence-electron chi connectivity index (χ3n) is 10.8. The predicted octanol–water partition coefficient (Wildman–Crippen LogP) is 6.89. The molecule has 2 amide bonds. The molecule has 4 aliphatic rings. The van der Waals surface area contributed by atoms with Gasteiger partial charge in [-0.05, 0) is 105 Å². The SMILES string of the molecule is CCC(=O)NS1(=O)=NC(=O)c2ccc3c(c2)N(C[C@@H]2CC[C@H]2[C@@H](OC)/C=C/C[C@H](C)[C@H]1C)C[C@@]1(CCCc2cc(Cl)ccc21)CO3. The van der Waals surface area contributed by atoms with Crippen LogP contribution in [0.2, 0.25) is 5.02 Å². The summed E-state index contributed by atoms with van der Waals surface area (Å²) in [7, 11) is -1.66. The minimum Gasteiger partial charge on any atom is -0.490 e. The van der Waals surface area contributed by atoms with Gasteiger partial charge in [-0.1, -0.05) is 43.7 Å². The van der Waals surface area contributed by atoms with Gasteiger partial charge in [0.2, 0.25) is 5.91 Å². The van der Waals surface area contributed by atoms with Crippen molar-refractivity contribution in [3.05, 3.63) is 70.3 Å². The highest BCUT2D eigenvalue weighted by Gasteiger charge is 2.44. The Morgan fingerprint density at radius 2 is 2.04 bits per heavy atom. The van der Waals surface area contributed by atoms with E-state index in [4.69, 9.17) is 21.1 Å². The lowest BCUT2D eigenvalue weighted by atomic mass is 9.68. The van der Waals surface area contributed by atoms with E-state index < -0.39 is 27.0 Å². The molecule has 46 heavy (non-hydrogen) atoms. The highest BCUT2D eigenvalue weighted by molar-refractivity contribution is 7.93. The van der Waals surface area contributed by atoms with Gasteiger partial charge < -0.3 is 14.4 Å². The number of amides is 2. The van der Waals surface area contributed by atoms with Crippen molar-refractivity contribution in [2.75, 3.05) is 31.7 Å². The Kier molecular flexibility index (Phi) is 9.57. The zero-order valence-corrected chi connectivity index (χ0v) is 28.9. The Balaban J connectivity index is 1.47. The van der Waals surface area contributed by atoms with Gasteiger partial charge in [0.1, 0.15) is 15.7 Å². The second-order valence-electron chi connectivity index (χ2n) is 13.7. The highest BCUT2D eigenvalue weighted by atomic mass is 35.5. The molecule has 0 saturated heterocycles. The Labute approximate surface area is 278 Å². The van der Waals surface area contributed by atoms with E-state index in [0.717, 1.165) is 61.7 Å². The van der Waals surface area contributed by atoms with Crippen molar-refractivity contribution in [3.63, 3.8) is 0 Å². The fraction of sp³-hybridized carbons (Fsp3) is 0.556. The zero-order valence-electron chi connectivity index (χ0n) is 27.3. The van der Waals surface area contributed by atoms with Gasteiger partial charge >= 0.3 is 0 Å². The standard InChI is InChI=1S/C36H46ClN3O5S/c1-5-34(41)38-46(43)24(3)23(2)8-6-10-32(44-4)29-14-11-27(29)20-40-21-36(17-7-9-25-18-28(37)13-15-30(25)36)22-45-33-16-12-26(19-31(33)40)35(42)39-46/h6,10,12-13,15-16,18-19,23-24,27,29,32H,5,7-9,11,14,17,20-22H2,1-4H3,(H,38,39,41,42,43)/b10-6+/t23-,24+,27-,29+,32-,36-,46?/m0/s1. The number of anilines is 1. The first-order chi connectivity index (χ1) is 22.1. The molecule has 7 atom stereocenters. The average molecular weight is 668 g/mol. The maximum absolute atomic E-state index is 14.3. The zero-order chi connectivity index (χ0) is 32.6. The van der Waals surface area contributed by atoms with Crippen molar-refractivity contribution in [1.29, 1.82) is 0 Å². The lowest BCUT2D eigenvalue weighted by Crippen LogP contribution is -2.49. The van der Waals surface area contributed by atoms with Crippen molar-refractivity contribution >= 4 is 39.0 Å². The lowest BCUT2D eigenvalue weighted by Gasteiger charge is -2.46. The molecule has 1 spiro atoms. The Morgan fingerprint density at radius 3 is 2.78 bits per heavy atom. The summed E-state index contributed by atoms with van der Waals surface area (Å²) in [6.45, 7) is 7.52. The first-order valence-corrected chi connectivity index (χ1v) is 18.6. The molecule has 0 radical (unpaired) electrons. The summed E-state index contributed by atoms with van der Waals surface area (Å²) < 4.78 is 33.9. The molecule has 1 fully saturated rings. The number of allylic oxidation sites excluding steroid dienone is 1. The monoisotopic (exact) mass is 667 g/mol. The minimum absolute atomic E-state index is 0.0369. The highest BCUT2D eigenvalue weighted by Crippen LogP contribution is 2.47. The normalized spacial score (nSPS) is 33.4. The van der Waals surface area contributed by atoms with Gasteiger partial charge in [0.15, 0.2) is 0 Å². The lowest BCUT2D eigenvalue weighted by molar-refractivity contribution is -0.119. The van der Waals surface area contributed by atoms with Crippen LogP contribution in [0.4, 0.5) is 5.69 Å². The topological polar surface area (TPSA) is 97.3 Å². The van der Waals surface area contributed by atoms with E-state index in [1.807, 2.05) is 25.1 Å². The van der Waals surface area contributed by atoms with E-state index in [0.29, 0.717) is 30.4 Å². The van der Waals surface area contributed by atoms with Crippen LogP contribution >= 0.6 is 11.6 Å². The van der Waals surface area contributed by atoms with Crippen LogP contribution in [0.3, 0.4) is 0 Å². The van der Waals surface area contributed by atoms with Crippen molar-refractivity contribution in [1.82, 2.24) is 4.72 Å². The van der Waals surface area contributed by atoms with Gasteiger partial charge in [-0.2, -0.15) is 0 Å². The fourth-order valence-corrected chi connectivity index (χ4v) is 9.88. The van der Waals surface area contributed by atoms with Crippen LogP contribution in [0.15, 0.2) is 52.9 Å². The molecular weight excluding hydrogens is 622 g/mol. The molecule has 2 aliphatic heterocycles. The van der Waals surface area contributed by atoms with Gasteiger partial charge in [0.25, 0.3) is 5.91 Å². The van der Waals surface area contributed by atoms with E-state index in [2.05, 4.69) is 38.3 Å².